The van der Waals surface area contributed by atoms with Crippen molar-refractivity contribution in [2.75, 3.05) is 38.7 Å². The lowest BCUT2D eigenvalue weighted by Crippen LogP contribution is -2.55. The molecular weight excluding hydrogens is 362 g/mol. The van der Waals surface area contributed by atoms with Crippen molar-refractivity contribution < 1.29 is 23.8 Å². The van der Waals surface area contributed by atoms with E-state index in [0.29, 0.717) is 37.3 Å². The van der Waals surface area contributed by atoms with E-state index in [0.717, 1.165) is 12.1 Å². The zero-order chi connectivity index (χ0) is 19.9. The first-order valence-electron chi connectivity index (χ1n) is 9.21. The molecule has 2 heterocycles. The zero-order valence-electron chi connectivity index (χ0n) is 15.8. The fraction of sp³-hybridized carbons (Fsp3) is 0.400. The molecule has 3 rings (SSSR count). The number of nitrogens with zero attached hydrogens (tertiary/aromatic N) is 2. The third-order valence-electron chi connectivity index (χ3n) is 4.85. The Balaban J connectivity index is 1.62. The van der Waals surface area contributed by atoms with Crippen molar-refractivity contribution >= 4 is 17.7 Å². The number of anilines is 1. The summed E-state index contributed by atoms with van der Waals surface area (Å²) < 4.78 is 9.84. The zero-order valence-corrected chi connectivity index (χ0v) is 15.8. The highest BCUT2D eigenvalue weighted by Crippen LogP contribution is 2.18. The van der Waals surface area contributed by atoms with Crippen LogP contribution < -0.4 is 5.32 Å². The molecule has 0 unspecified atom stereocenters. The lowest BCUT2D eigenvalue weighted by molar-refractivity contribution is 0.0600. The molecular formula is C20H25N3O5. The van der Waals surface area contributed by atoms with E-state index >= 15 is 0 Å². The lowest BCUT2D eigenvalue weighted by Gasteiger charge is -2.41. The van der Waals surface area contributed by atoms with E-state index in [9.17, 15) is 14.7 Å². The number of hydrogen-bond donors (Lipinski definition) is 2. The van der Waals surface area contributed by atoms with Crippen LogP contribution in [0.25, 0.3) is 0 Å². The van der Waals surface area contributed by atoms with Gasteiger partial charge in [-0.2, -0.15) is 0 Å². The number of amides is 2. The fourth-order valence-electron chi connectivity index (χ4n) is 3.37. The number of benzene rings is 1. The van der Waals surface area contributed by atoms with Crippen molar-refractivity contribution in [3.05, 3.63) is 54.0 Å². The molecule has 8 heteroatoms. The molecule has 1 aromatic heterocycles. The Morgan fingerprint density at radius 2 is 2.18 bits per heavy atom. The van der Waals surface area contributed by atoms with Crippen LogP contribution in [-0.4, -0.2) is 66.3 Å². The van der Waals surface area contributed by atoms with Crippen LogP contribution in [0.1, 0.15) is 22.3 Å². The average Bonchev–Trinajstić information content (AvgIpc) is 3.22. The summed E-state index contributed by atoms with van der Waals surface area (Å²) in [5.41, 5.74) is 1.98. The molecule has 2 aromatic rings. The molecule has 28 heavy (non-hydrogen) atoms. The Morgan fingerprint density at radius 1 is 1.32 bits per heavy atom. The van der Waals surface area contributed by atoms with E-state index in [1.54, 1.807) is 41.7 Å². The maximum atomic E-state index is 12.7. The topological polar surface area (TPSA) is 95.3 Å². The van der Waals surface area contributed by atoms with Gasteiger partial charge in [0.1, 0.15) is 0 Å². The van der Waals surface area contributed by atoms with Crippen LogP contribution in [0.4, 0.5) is 10.5 Å². The molecule has 1 saturated heterocycles. The number of urea groups is 1. The van der Waals surface area contributed by atoms with Crippen LogP contribution in [0.2, 0.25) is 0 Å². The van der Waals surface area contributed by atoms with E-state index in [4.69, 9.17) is 9.15 Å². The molecule has 1 aliphatic rings. The summed E-state index contributed by atoms with van der Waals surface area (Å²) in [5, 5.41) is 12.3. The van der Waals surface area contributed by atoms with Gasteiger partial charge in [0.25, 0.3) is 0 Å². The number of piperazine rings is 1. The van der Waals surface area contributed by atoms with Crippen molar-refractivity contribution in [2.24, 2.45) is 0 Å². The van der Waals surface area contributed by atoms with Crippen LogP contribution in [0.3, 0.4) is 0 Å². The van der Waals surface area contributed by atoms with Crippen LogP contribution in [-0.2, 0) is 11.3 Å². The number of rotatable bonds is 6. The Bertz CT molecular complexity index is 793. The first-order chi connectivity index (χ1) is 13.6. The fourth-order valence-corrected chi connectivity index (χ4v) is 3.37. The smallest absolute Gasteiger partial charge is 0.337 e. The van der Waals surface area contributed by atoms with Gasteiger partial charge in [0.15, 0.2) is 0 Å². The van der Waals surface area contributed by atoms with Crippen molar-refractivity contribution in [1.29, 1.82) is 0 Å². The first-order valence-corrected chi connectivity index (χ1v) is 9.21. The molecule has 0 radical (unpaired) electrons. The Morgan fingerprint density at radius 3 is 2.89 bits per heavy atom. The largest absolute Gasteiger partial charge is 0.472 e. The minimum absolute atomic E-state index is 0.0563. The number of carbonyl (C=O) groups is 2. The van der Waals surface area contributed by atoms with Gasteiger partial charge in [-0.1, -0.05) is 6.07 Å². The number of furan rings is 1. The number of esters is 1. The third-order valence-corrected chi connectivity index (χ3v) is 4.85. The molecule has 0 spiro atoms. The molecule has 8 nitrogen and oxygen atoms in total. The number of aliphatic hydroxyl groups excluding tert-OH is 1. The summed E-state index contributed by atoms with van der Waals surface area (Å²) in [6, 6.07) is 8.39. The van der Waals surface area contributed by atoms with Crippen molar-refractivity contribution in [2.45, 2.75) is 19.0 Å². The van der Waals surface area contributed by atoms with Crippen LogP contribution in [0.5, 0.6) is 0 Å². The summed E-state index contributed by atoms with van der Waals surface area (Å²) in [5.74, 6) is -0.452. The second-order valence-electron chi connectivity index (χ2n) is 6.72. The van der Waals surface area contributed by atoms with Gasteiger partial charge in [-0.15, -0.1) is 0 Å². The van der Waals surface area contributed by atoms with Crippen LogP contribution in [0, 0.1) is 0 Å². The highest BCUT2D eigenvalue weighted by atomic mass is 16.5. The number of aliphatic hydroxyl groups is 1. The minimum atomic E-state index is -0.452. The Labute approximate surface area is 163 Å². The quantitative estimate of drug-likeness (QED) is 0.738. The Kier molecular flexibility index (Phi) is 6.67. The van der Waals surface area contributed by atoms with E-state index in [1.807, 2.05) is 6.07 Å². The lowest BCUT2D eigenvalue weighted by atomic mass is 10.1. The predicted octanol–water partition coefficient (Wildman–Crippen LogP) is 2.17. The summed E-state index contributed by atoms with van der Waals surface area (Å²) in [6.45, 7) is 2.57. The Hall–Kier alpha value is -2.84. The first kappa shape index (κ1) is 19.9. The van der Waals surface area contributed by atoms with Gasteiger partial charge in [-0.3, -0.25) is 4.90 Å². The highest BCUT2D eigenvalue weighted by molar-refractivity contribution is 5.93. The van der Waals surface area contributed by atoms with Gasteiger partial charge in [0.05, 0.1) is 25.2 Å². The number of methoxy groups -OCH3 is 1. The summed E-state index contributed by atoms with van der Waals surface area (Å²) in [7, 11) is 1.32. The van der Waals surface area contributed by atoms with Crippen LogP contribution >= 0.6 is 0 Å². The van der Waals surface area contributed by atoms with Crippen molar-refractivity contribution in [1.82, 2.24) is 9.80 Å². The van der Waals surface area contributed by atoms with Gasteiger partial charge in [0, 0.05) is 50.1 Å². The normalized spacial score (nSPS) is 17.4. The molecule has 1 aromatic carbocycles. The maximum Gasteiger partial charge on any atom is 0.337 e. The average molecular weight is 387 g/mol. The molecule has 150 valence electrons. The monoisotopic (exact) mass is 387 g/mol. The standard InChI is InChI=1S/C20H25N3O5/c1-27-19(25)16-3-2-4-17(11-16)21-20(26)23-8-7-22(18(13-23)5-9-24)12-15-6-10-28-14-15/h2-4,6,10-11,14,18,24H,5,7-9,12-13H2,1H3,(H,21,26)/t18-/m0/s1. The number of ether oxygens (including phenoxy) is 1. The minimum Gasteiger partial charge on any atom is -0.472 e. The molecule has 1 atom stereocenters. The summed E-state index contributed by atoms with van der Waals surface area (Å²) in [4.78, 5) is 28.3. The number of carbonyl (C=O) groups excluding carboxylic acids is 2. The van der Waals surface area contributed by atoms with Crippen molar-refractivity contribution in [3.63, 3.8) is 0 Å². The molecule has 0 aliphatic carbocycles. The summed E-state index contributed by atoms with van der Waals surface area (Å²) in [6.07, 6.45) is 3.94. The second-order valence-corrected chi connectivity index (χ2v) is 6.72. The van der Waals surface area contributed by atoms with Gasteiger partial charge >= 0.3 is 12.0 Å². The molecule has 0 bridgehead atoms. The van der Waals surface area contributed by atoms with Gasteiger partial charge in [-0.05, 0) is 30.7 Å². The van der Waals surface area contributed by atoms with E-state index in [1.165, 1.54) is 7.11 Å². The predicted molar refractivity (Wildman–Crippen MR) is 103 cm³/mol. The van der Waals surface area contributed by atoms with E-state index < -0.39 is 5.97 Å². The summed E-state index contributed by atoms with van der Waals surface area (Å²) >= 11 is 0. The molecule has 2 amide bonds. The molecule has 0 saturated carbocycles. The molecule has 2 N–H and O–H groups in total. The number of hydrogen-bond acceptors (Lipinski definition) is 6. The van der Waals surface area contributed by atoms with Gasteiger partial charge < -0.3 is 24.5 Å². The molecule has 1 fully saturated rings. The second kappa shape index (κ2) is 9.38. The van der Waals surface area contributed by atoms with E-state index in [2.05, 4.69) is 10.2 Å². The highest BCUT2D eigenvalue weighted by Gasteiger charge is 2.29. The number of nitrogens with one attached hydrogen (secondary N) is 1. The van der Waals surface area contributed by atoms with Gasteiger partial charge in [0.2, 0.25) is 0 Å². The van der Waals surface area contributed by atoms with Gasteiger partial charge in [-0.25, -0.2) is 9.59 Å². The molecule has 1 aliphatic heterocycles. The maximum absolute atomic E-state index is 12.7. The van der Waals surface area contributed by atoms with E-state index in [-0.39, 0.29) is 18.7 Å². The SMILES string of the molecule is COC(=O)c1cccc(NC(=O)N2CCN(Cc3ccoc3)[C@@H](CCO)C2)c1. The van der Waals surface area contributed by atoms with Crippen LogP contribution in [0.15, 0.2) is 47.3 Å². The third kappa shape index (κ3) is 4.90. The van der Waals surface area contributed by atoms with Crippen molar-refractivity contribution in [3.8, 4) is 0 Å².